The zero-order valence-electron chi connectivity index (χ0n) is 19.8. The van der Waals surface area contributed by atoms with Gasteiger partial charge in [-0.3, -0.25) is 4.55 Å². The first-order valence-electron chi connectivity index (χ1n) is 11.7. The third kappa shape index (κ3) is 5.04. The highest BCUT2D eigenvalue weighted by molar-refractivity contribution is 14.1. The molecule has 0 spiro atoms. The first-order valence-corrected chi connectivity index (χ1v) is 16.4. The third-order valence-electron chi connectivity index (χ3n) is 7.65. The number of benzene rings is 2. The van der Waals surface area contributed by atoms with Crippen molar-refractivity contribution in [3.05, 3.63) is 64.8 Å². The smallest absolute Gasteiger partial charge is 0.431 e. The summed E-state index contributed by atoms with van der Waals surface area (Å²) in [6.45, 7) is 3.59. The molecule has 2 aliphatic carbocycles. The van der Waals surface area contributed by atoms with Crippen molar-refractivity contribution < 1.29 is 44.7 Å². The van der Waals surface area contributed by atoms with E-state index in [1.54, 1.807) is 30.3 Å². The van der Waals surface area contributed by atoms with E-state index in [-0.39, 0.29) is 13.0 Å². The Morgan fingerprint density at radius 2 is 1.64 bits per heavy atom. The summed E-state index contributed by atoms with van der Waals surface area (Å²) in [6.07, 6.45) is -0.326. The van der Waals surface area contributed by atoms with Gasteiger partial charge in [0, 0.05) is 15.1 Å². The van der Waals surface area contributed by atoms with Gasteiger partial charge in [0.15, 0.2) is 0 Å². The van der Waals surface area contributed by atoms with Gasteiger partial charge in [-0.05, 0) is 110 Å². The summed E-state index contributed by atoms with van der Waals surface area (Å²) in [5.41, 5.74) is 1.37. The lowest BCUT2D eigenvalue weighted by atomic mass is 9.81. The van der Waals surface area contributed by atoms with Crippen LogP contribution in [0.25, 0.3) is 6.08 Å². The van der Waals surface area contributed by atoms with Crippen molar-refractivity contribution in [2.75, 3.05) is 6.61 Å². The van der Waals surface area contributed by atoms with E-state index in [1.807, 2.05) is 12.1 Å². The van der Waals surface area contributed by atoms with Crippen molar-refractivity contribution >= 4 is 84.0 Å². The fourth-order valence-corrected chi connectivity index (χ4v) is 10.2. The molecule has 0 amide bonds. The number of halogens is 7. The molecule has 0 aromatic heterocycles. The Morgan fingerprint density at radius 3 is 2.21 bits per heavy atom. The molecule has 1 heterocycles. The Balaban J connectivity index is 1.48. The van der Waals surface area contributed by atoms with Crippen LogP contribution in [0.1, 0.15) is 24.0 Å². The molecule has 5 rings (SSSR count). The molecule has 2 saturated carbocycles. The van der Waals surface area contributed by atoms with Crippen LogP contribution in [-0.2, 0) is 25.4 Å². The van der Waals surface area contributed by atoms with Gasteiger partial charge in [0.1, 0.15) is 12.4 Å². The highest BCUT2D eigenvalue weighted by Gasteiger charge is 2.75. The Morgan fingerprint density at radius 1 is 1.05 bits per heavy atom. The van der Waals surface area contributed by atoms with Crippen LogP contribution in [0.4, 0.5) is 17.6 Å². The number of hydrogen-bond donors (Lipinski definition) is 1. The lowest BCUT2D eigenvalue weighted by Crippen LogP contribution is -2.55. The third-order valence-corrected chi connectivity index (χ3v) is 10.8. The first-order chi connectivity index (χ1) is 18.1. The quantitative estimate of drug-likeness (QED) is 0.176. The monoisotopic (exact) mass is 906 g/mol. The minimum absolute atomic E-state index is 0.108. The number of hydrogen-bond acceptors (Lipinski definition) is 5. The lowest BCUT2D eigenvalue weighted by Gasteiger charge is -2.36. The molecule has 2 bridgehead atoms. The predicted octanol–water partition coefficient (Wildman–Crippen LogP) is 6.93. The van der Waals surface area contributed by atoms with E-state index in [4.69, 9.17) is 18.8 Å². The number of alkyl halides is 4. The summed E-state index contributed by atoms with van der Waals surface area (Å²) < 4.78 is 111. The van der Waals surface area contributed by atoms with E-state index < -0.39 is 63.5 Å². The molecule has 6 atom stereocenters. The van der Waals surface area contributed by atoms with Crippen molar-refractivity contribution in [2.45, 2.75) is 42.0 Å². The van der Waals surface area contributed by atoms with Crippen molar-refractivity contribution in [3.8, 4) is 5.75 Å². The summed E-state index contributed by atoms with van der Waals surface area (Å²) in [4.78, 5) is 0. The van der Waals surface area contributed by atoms with Crippen LogP contribution in [0.2, 0.25) is 0 Å². The van der Waals surface area contributed by atoms with Crippen LogP contribution < -0.4 is 4.74 Å². The van der Waals surface area contributed by atoms with E-state index in [2.05, 4.69) is 74.4 Å². The minimum atomic E-state index is -6.34. The minimum Gasteiger partial charge on any atom is -0.485 e. The van der Waals surface area contributed by atoms with Gasteiger partial charge in [-0.2, -0.15) is 26.0 Å². The van der Waals surface area contributed by atoms with E-state index >= 15 is 0 Å². The maximum Gasteiger partial charge on any atom is 0.431 e. The molecule has 6 nitrogen and oxygen atoms in total. The second-order valence-electron chi connectivity index (χ2n) is 9.85. The molecule has 1 saturated heterocycles. The summed E-state index contributed by atoms with van der Waals surface area (Å²) in [7, 11) is -6.34. The molecule has 2 aromatic rings. The van der Waals surface area contributed by atoms with Gasteiger partial charge in [0.2, 0.25) is 5.79 Å². The van der Waals surface area contributed by atoms with Gasteiger partial charge in [-0.25, -0.2) is 0 Å². The Labute approximate surface area is 263 Å². The van der Waals surface area contributed by atoms with Crippen LogP contribution in [0.5, 0.6) is 5.75 Å². The topological polar surface area (TPSA) is 82.1 Å². The van der Waals surface area contributed by atoms with Gasteiger partial charge >= 0.3 is 21.3 Å². The number of fused-ring (bicyclic) bond motifs is 5. The van der Waals surface area contributed by atoms with Crippen LogP contribution >= 0.6 is 67.8 Å². The van der Waals surface area contributed by atoms with Crippen molar-refractivity contribution in [1.82, 2.24) is 0 Å². The van der Waals surface area contributed by atoms with Crippen molar-refractivity contribution in [3.63, 3.8) is 0 Å². The lowest BCUT2D eigenvalue weighted by molar-refractivity contribution is -0.223. The van der Waals surface area contributed by atoms with Gasteiger partial charge in [0.25, 0.3) is 0 Å². The van der Waals surface area contributed by atoms with Gasteiger partial charge in [-0.15, -0.1) is 0 Å². The standard InChI is InChI=1S/C25H21F4I3O6S/c1-2-12-3-5-14(6-4-12)23(11-36-22-18(31)9-15(30)10-19(22)32)37-20-13-7-16(21(20)38-23)17(8-13)24(26,27)25(28,29)39(33,34)35/h2-6,9-10,13,16-17,20-21H,1,7-8,11H2,(H,33,34,35). The molecule has 3 aliphatic rings. The normalized spacial score (nSPS) is 30.4. The van der Waals surface area contributed by atoms with E-state index in [9.17, 15) is 26.0 Å². The van der Waals surface area contributed by atoms with Crippen LogP contribution in [-0.4, -0.2) is 43.0 Å². The second-order valence-corrected chi connectivity index (χ2v) is 14.9. The zero-order chi connectivity index (χ0) is 28.5. The Kier molecular flexibility index (Phi) is 8.10. The molecule has 14 heteroatoms. The molecule has 0 radical (unpaired) electrons. The number of rotatable bonds is 8. The molecule has 212 valence electrons. The summed E-state index contributed by atoms with van der Waals surface area (Å²) in [5.74, 6) is -9.66. The van der Waals surface area contributed by atoms with Crippen LogP contribution in [0, 0.1) is 28.5 Å². The molecule has 2 aromatic carbocycles. The molecule has 39 heavy (non-hydrogen) atoms. The van der Waals surface area contributed by atoms with E-state index in [1.165, 1.54) is 0 Å². The molecule has 1 N–H and O–H groups in total. The Bertz CT molecular complexity index is 1380. The van der Waals surface area contributed by atoms with Gasteiger partial charge < -0.3 is 14.2 Å². The highest BCUT2D eigenvalue weighted by Crippen LogP contribution is 2.63. The average molecular weight is 906 g/mol. The van der Waals surface area contributed by atoms with Crippen molar-refractivity contribution in [2.24, 2.45) is 17.8 Å². The molecule has 6 unspecified atom stereocenters. The maximum atomic E-state index is 15.0. The number of ether oxygens (including phenoxy) is 3. The SMILES string of the molecule is C=Cc1ccc(C2(COc3c(I)cc(I)cc3I)OC3C4CC(C3O2)C(C(F)(F)C(F)(F)S(=O)(=O)O)C4)cc1. The summed E-state index contributed by atoms with van der Waals surface area (Å²) in [6, 6.07) is 10.9. The van der Waals surface area contributed by atoms with Gasteiger partial charge in [-0.1, -0.05) is 36.9 Å². The largest absolute Gasteiger partial charge is 0.485 e. The Hall–Kier alpha value is -0.280. The van der Waals surface area contributed by atoms with E-state index in [0.29, 0.717) is 11.3 Å². The molecule has 1 aliphatic heterocycles. The molecular formula is C25H21F4I3O6S. The molecule has 3 fully saturated rings. The predicted molar refractivity (Wildman–Crippen MR) is 159 cm³/mol. The van der Waals surface area contributed by atoms with Crippen LogP contribution in [0.15, 0.2) is 43.0 Å². The fourth-order valence-electron chi connectivity index (χ4n) is 5.84. The molecular weight excluding hydrogens is 885 g/mol. The fraction of sp³-hybridized carbons (Fsp3) is 0.440. The van der Waals surface area contributed by atoms with Crippen LogP contribution in [0.3, 0.4) is 0 Å². The van der Waals surface area contributed by atoms with Crippen molar-refractivity contribution in [1.29, 1.82) is 0 Å². The summed E-state index contributed by atoms with van der Waals surface area (Å²) in [5, 5.41) is -5.64. The average Bonchev–Trinajstić information content (AvgIpc) is 3.54. The highest BCUT2D eigenvalue weighted by atomic mass is 127. The second kappa shape index (κ2) is 10.5. The summed E-state index contributed by atoms with van der Waals surface area (Å²) >= 11 is 6.48. The van der Waals surface area contributed by atoms with Gasteiger partial charge in [0.05, 0.1) is 19.3 Å². The van der Waals surface area contributed by atoms with E-state index in [0.717, 1.165) is 16.3 Å². The first kappa shape index (κ1) is 30.2. The zero-order valence-corrected chi connectivity index (χ0v) is 27.1. The maximum absolute atomic E-state index is 15.0.